The Morgan fingerprint density at radius 3 is 2.47 bits per heavy atom. The number of ether oxygens (including phenoxy) is 1. The van der Waals surface area contributed by atoms with Gasteiger partial charge in [0.2, 0.25) is 0 Å². The van der Waals surface area contributed by atoms with Crippen LogP contribution in [0.4, 0.5) is 4.39 Å². The topological polar surface area (TPSA) is 26.3 Å². The molecule has 98 valence electrons. The van der Waals surface area contributed by atoms with Crippen LogP contribution in [0.5, 0.6) is 5.75 Å². The van der Waals surface area contributed by atoms with Gasteiger partial charge in [-0.3, -0.25) is 0 Å². The first-order valence-corrected chi connectivity index (χ1v) is 6.07. The van der Waals surface area contributed by atoms with Gasteiger partial charge in [-0.25, -0.2) is 4.39 Å². The van der Waals surface area contributed by atoms with E-state index in [1.165, 1.54) is 12.1 Å². The quantitative estimate of drug-likeness (QED) is 0.769. The van der Waals surface area contributed by atoms with Crippen LogP contribution in [0.3, 0.4) is 0 Å². The van der Waals surface area contributed by atoms with E-state index in [0.717, 1.165) is 23.2 Å². The minimum absolute atomic E-state index is 0.295. The Bertz CT molecular complexity index is 549. The number of methoxy groups -OCH3 is 1. The van der Waals surface area contributed by atoms with Crippen LogP contribution in [0.1, 0.15) is 17.0 Å². The third-order valence-corrected chi connectivity index (χ3v) is 3.09. The predicted molar refractivity (Wildman–Crippen MR) is 71.9 cm³/mol. The molecule has 2 rings (SSSR count). The van der Waals surface area contributed by atoms with Crippen molar-refractivity contribution >= 4 is 6.29 Å². The second-order valence-corrected chi connectivity index (χ2v) is 4.31. The highest BCUT2D eigenvalue weighted by Crippen LogP contribution is 2.25. The monoisotopic (exact) mass is 258 g/mol. The van der Waals surface area contributed by atoms with Crippen molar-refractivity contribution in [1.82, 2.24) is 0 Å². The highest BCUT2D eigenvalue weighted by Gasteiger charge is 2.14. The van der Waals surface area contributed by atoms with Gasteiger partial charge in [-0.15, -0.1) is 0 Å². The summed E-state index contributed by atoms with van der Waals surface area (Å²) in [6, 6.07) is 13.6. The van der Waals surface area contributed by atoms with Crippen LogP contribution in [-0.2, 0) is 11.2 Å². The average molecular weight is 258 g/mol. The van der Waals surface area contributed by atoms with Gasteiger partial charge in [0.15, 0.2) is 0 Å². The van der Waals surface area contributed by atoms with Crippen LogP contribution in [0, 0.1) is 5.82 Å². The largest absolute Gasteiger partial charge is 0.496 e. The van der Waals surface area contributed by atoms with Crippen molar-refractivity contribution < 1.29 is 13.9 Å². The highest BCUT2D eigenvalue weighted by atomic mass is 19.1. The fraction of sp³-hybridized carbons (Fsp3) is 0.188. The Morgan fingerprint density at radius 2 is 1.84 bits per heavy atom. The zero-order chi connectivity index (χ0) is 13.7. The lowest BCUT2D eigenvalue weighted by atomic mass is 9.93. The third kappa shape index (κ3) is 3.19. The van der Waals surface area contributed by atoms with Gasteiger partial charge in [-0.1, -0.05) is 30.3 Å². The van der Waals surface area contributed by atoms with E-state index in [1.54, 1.807) is 19.2 Å². The van der Waals surface area contributed by atoms with Crippen LogP contribution in [0.25, 0.3) is 0 Å². The van der Waals surface area contributed by atoms with Gasteiger partial charge in [-0.2, -0.15) is 0 Å². The number of carbonyl (C=O) groups excluding carboxylic acids is 1. The van der Waals surface area contributed by atoms with Gasteiger partial charge in [-0.05, 0) is 35.7 Å². The molecule has 0 N–H and O–H groups in total. The first-order chi connectivity index (χ1) is 9.24. The number of halogens is 1. The molecular formula is C16H15FO2. The second kappa shape index (κ2) is 6.14. The molecule has 0 bridgehead atoms. The number of hydrogen-bond donors (Lipinski definition) is 0. The highest BCUT2D eigenvalue weighted by molar-refractivity contribution is 5.63. The van der Waals surface area contributed by atoms with E-state index in [-0.39, 0.29) is 11.7 Å². The van der Waals surface area contributed by atoms with Gasteiger partial charge in [0.25, 0.3) is 0 Å². The molecule has 0 spiro atoms. The lowest BCUT2D eigenvalue weighted by Crippen LogP contribution is -2.05. The maximum absolute atomic E-state index is 12.9. The van der Waals surface area contributed by atoms with Crippen molar-refractivity contribution in [3.63, 3.8) is 0 Å². The first-order valence-electron chi connectivity index (χ1n) is 6.07. The minimum atomic E-state index is -0.300. The van der Waals surface area contributed by atoms with Crippen LogP contribution in [0.2, 0.25) is 0 Å². The average Bonchev–Trinajstić information content (AvgIpc) is 2.46. The van der Waals surface area contributed by atoms with E-state index in [1.807, 2.05) is 24.3 Å². The molecule has 0 aliphatic rings. The molecule has 0 fully saturated rings. The molecule has 2 aromatic carbocycles. The molecule has 3 heteroatoms. The Kier molecular flexibility index (Phi) is 4.29. The fourth-order valence-electron chi connectivity index (χ4n) is 2.06. The zero-order valence-corrected chi connectivity index (χ0v) is 10.7. The van der Waals surface area contributed by atoms with Crippen molar-refractivity contribution in [1.29, 1.82) is 0 Å². The van der Waals surface area contributed by atoms with E-state index >= 15 is 0 Å². The first kappa shape index (κ1) is 13.3. The van der Waals surface area contributed by atoms with Crippen LogP contribution >= 0.6 is 0 Å². The third-order valence-electron chi connectivity index (χ3n) is 3.09. The number of aldehydes is 1. The Balaban J connectivity index is 2.24. The Morgan fingerprint density at radius 1 is 1.16 bits per heavy atom. The SMILES string of the molecule is COc1ccccc1CC(C=O)c1ccc(F)cc1. The molecule has 0 radical (unpaired) electrons. The standard InChI is InChI=1S/C16H15FO2/c1-19-16-5-3-2-4-13(16)10-14(11-18)12-6-8-15(17)9-7-12/h2-9,11,14H,10H2,1H3. The summed E-state index contributed by atoms with van der Waals surface area (Å²) in [6.07, 6.45) is 1.43. The Hall–Kier alpha value is -2.16. The molecule has 0 saturated heterocycles. The molecule has 1 atom stereocenters. The lowest BCUT2D eigenvalue weighted by Gasteiger charge is -2.13. The summed E-state index contributed by atoms with van der Waals surface area (Å²) in [5.74, 6) is 0.166. The summed E-state index contributed by atoms with van der Waals surface area (Å²) in [5.41, 5.74) is 1.77. The minimum Gasteiger partial charge on any atom is -0.496 e. The van der Waals surface area contributed by atoms with Crippen molar-refractivity contribution in [2.75, 3.05) is 7.11 Å². The normalized spacial score (nSPS) is 11.9. The maximum atomic E-state index is 12.9. The van der Waals surface area contributed by atoms with Crippen molar-refractivity contribution in [2.24, 2.45) is 0 Å². The molecule has 0 amide bonds. The molecule has 2 nitrogen and oxygen atoms in total. The summed E-state index contributed by atoms with van der Waals surface area (Å²) in [4.78, 5) is 11.3. The maximum Gasteiger partial charge on any atom is 0.127 e. The van der Waals surface area contributed by atoms with E-state index in [9.17, 15) is 9.18 Å². The number of hydrogen-bond acceptors (Lipinski definition) is 2. The summed E-state index contributed by atoms with van der Waals surface area (Å²) in [5, 5.41) is 0. The van der Waals surface area contributed by atoms with Gasteiger partial charge < -0.3 is 9.53 Å². The molecule has 0 aromatic heterocycles. The summed E-state index contributed by atoms with van der Waals surface area (Å²) < 4.78 is 18.2. The molecule has 0 aliphatic carbocycles. The molecule has 19 heavy (non-hydrogen) atoms. The number of rotatable bonds is 5. The van der Waals surface area contributed by atoms with Crippen molar-refractivity contribution in [3.05, 3.63) is 65.5 Å². The van der Waals surface area contributed by atoms with Gasteiger partial charge >= 0.3 is 0 Å². The van der Waals surface area contributed by atoms with Crippen LogP contribution in [-0.4, -0.2) is 13.4 Å². The number of benzene rings is 2. The van der Waals surface area contributed by atoms with E-state index in [2.05, 4.69) is 0 Å². The molecule has 0 saturated carbocycles. The molecule has 0 heterocycles. The van der Waals surface area contributed by atoms with Crippen molar-refractivity contribution in [2.45, 2.75) is 12.3 Å². The molecule has 0 aliphatic heterocycles. The summed E-state index contributed by atoms with van der Waals surface area (Å²) in [7, 11) is 1.60. The van der Waals surface area contributed by atoms with E-state index in [0.29, 0.717) is 6.42 Å². The molecule has 1 unspecified atom stereocenters. The zero-order valence-electron chi connectivity index (χ0n) is 10.7. The second-order valence-electron chi connectivity index (χ2n) is 4.31. The van der Waals surface area contributed by atoms with Gasteiger partial charge in [0.05, 0.1) is 7.11 Å². The smallest absolute Gasteiger partial charge is 0.127 e. The van der Waals surface area contributed by atoms with Crippen LogP contribution < -0.4 is 4.74 Å². The summed E-state index contributed by atoms with van der Waals surface area (Å²) >= 11 is 0. The lowest BCUT2D eigenvalue weighted by molar-refractivity contribution is -0.109. The van der Waals surface area contributed by atoms with E-state index in [4.69, 9.17) is 4.74 Å². The van der Waals surface area contributed by atoms with E-state index < -0.39 is 0 Å². The molecular weight excluding hydrogens is 243 g/mol. The fourth-order valence-corrected chi connectivity index (χ4v) is 2.06. The summed E-state index contributed by atoms with van der Waals surface area (Å²) in [6.45, 7) is 0. The van der Waals surface area contributed by atoms with Gasteiger partial charge in [0, 0.05) is 5.92 Å². The predicted octanol–water partition coefficient (Wildman–Crippen LogP) is 3.36. The molecule has 2 aromatic rings. The Labute approximate surface area is 111 Å². The van der Waals surface area contributed by atoms with Crippen LogP contribution in [0.15, 0.2) is 48.5 Å². The van der Waals surface area contributed by atoms with Crippen molar-refractivity contribution in [3.8, 4) is 5.75 Å². The number of carbonyl (C=O) groups is 1. The van der Waals surface area contributed by atoms with Gasteiger partial charge in [0.1, 0.15) is 17.9 Å². The number of para-hydroxylation sites is 1.